The van der Waals surface area contributed by atoms with Gasteiger partial charge in [-0.3, -0.25) is 9.59 Å². The molecule has 0 aromatic heterocycles. The van der Waals surface area contributed by atoms with E-state index in [1.54, 1.807) is 34.9 Å². The van der Waals surface area contributed by atoms with E-state index >= 15 is 0 Å². The Hall–Kier alpha value is -2.08. The Labute approximate surface area is 149 Å². The average Bonchev–Trinajstić information content (AvgIpc) is 2.60. The van der Waals surface area contributed by atoms with E-state index < -0.39 is 6.10 Å². The fourth-order valence-electron chi connectivity index (χ4n) is 2.76. The van der Waals surface area contributed by atoms with Crippen molar-refractivity contribution in [2.45, 2.75) is 33.3 Å². The Kier molecular flexibility index (Phi) is 6.82. The molecule has 0 bridgehead atoms. The highest BCUT2D eigenvalue weighted by molar-refractivity contribution is 5.97. The second-order valence-electron chi connectivity index (χ2n) is 6.83. The third-order valence-corrected chi connectivity index (χ3v) is 4.42. The van der Waals surface area contributed by atoms with Crippen molar-refractivity contribution in [2.75, 3.05) is 32.8 Å². The predicted molar refractivity (Wildman–Crippen MR) is 95.5 cm³/mol. The molecule has 2 rings (SSSR count). The molecule has 1 N–H and O–H groups in total. The van der Waals surface area contributed by atoms with Gasteiger partial charge in [0.15, 0.2) is 0 Å². The fraction of sp³-hybridized carbons (Fsp3) is 0.579. The molecule has 1 atom stereocenters. The van der Waals surface area contributed by atoms with Crippen molar-refractivity contribution >= 4 is 11.8 Å². The van der Waals surface area contributed by atoms with Gasteiger partial charge in [0.25, 0.3) is 11.8 Å². The van der Waals surface area contributed by atoms with Gasteiger partial charge in [-0.05, 0) is 31.4 Å². The highest BCUT2D eigenvalue weighted by Gasteiger charge is 2.28. The number of phenolic OH excluding ortho intramolecular Hbond substituents is 1. The Morgan fingerprint density at radius 2 is 1.68 bits per heavy atom. The van der Waals surface area contributed by atoms with E-state index in [0.29, 0.717) is 44.3 Å². The number of ether oxygens (including phenoxy) is 1. The van der Waals surface area contributed by atoms with Crippen LogP contribution in [-0.4, -0.2) is 65.6 Å². The van der Waals surface area contributed by atoms with E-state index in [0.717, 1.165) is 6.42 Å². The normalized spacial score (nSPS) is 16.2. The molecule has 1 saturated heterocycles. The molecule has 0 aliphatic carbocycles. The van der Waals surface area contributed by atoms with E-state index in [1.165, 1.54) is 6.07 Å². The van der Waals surface area contributed by atoms with Crippen molar-refractivity contribution in [2.24, 2.45) is 5.92 Å². The summed E-state index contributed by atoms with van der Waals surface area (Å²) in [6.45, 7) is 8.48. The largest absolute Gasteiger partial charge is 0.507 e. The number of benzene rings is 1. The molecule has 1 aliphatic heterocycles. The summed E-state index contributed by atoms with van der Waals surface area (Å²) in [5.41, 5.74) is 0.299. The quantitative estimate of drug-likeness (QED) is 0.855. The van der Waals surface area contributed by atoms with Gasteiger partial charge in [0.05, 0.1) is 5.56 Å². The molecule has 1 unspecified atom stereocenters. The lowest BCUT2D eigenvalue weighted by atomic mass is 10.1. The molecule has 138 valence electrons. The number of nitrogens with zero attached hydrogens (tertiary/aromatic N) is 2. The van der Waals surface area contributed by atoms with E-state index in [1.807, 2.05) is 0 Å². The van der Waals surface area contributed by atoms with Crippen LogP contribution in [0.2, 0.25) is 0 Å². The number of hydrogen-bond donors (Lipinski definition) is 1. The maximum atomic E-state index is 12.5. The Morgan fingerprint density at radius 3 is 2.28 bits per heavy atom. The second kappa shape index (κ2) is 8.85. The average molecular weight is 348 g/mol. The van der Waals surface area contributed by atoms with Crippen LogP contribution in [0.25, 0.3) is 0 Å². The lowest BCUT2D eigenvalue weighted by molar-refractivity contribution is -0.144. The zero-order valence-electron chi connectivity index (χ0n) is 15.3. The van der Waals surface area contributed by atoms with E-state index in [4.69, 9.17) is 4.74 Å². The van der Waals surface area contributed by atoms with Crippen LogP contribution in [0.4, 0.5) is 0 Å². The number of aromatic hydroxyl groups is 1. The van der Waals surface area contributed by atoms with E-state index in [-0.39, 0.29) is 17.6 Å². The zero-order valence-corrected chi connectivity index (χ0v) is 15.3. The van der Waals surface area contributed by atoms with Gasteiger partial charge in [-0.2, -0.15) is 0 Å². The van der Waals surface area contributed by atoms with Crippen molar-refractivity contribution in [3.8, 4) is 5.75 Å². The molecule has 6 heteroatoms. The van der Waals surface area contributed by atoms with Crippen LogP contribution in [-0.2, 0) is 9.53 Å². The van der Waals surface area contributed by atoms with Crippen molar-refractivity contribution < 1.29 is 19.4 Å². The molecule has 0 spiro atoms. The molecule has 25 heavy (non-hydrogen) atoms. The predicted octanol–water partition coefficient (Wildman–Crippen LogP) is 2.13. The van der Waals surface area contributed by atoms with Crippen molar-refractivity contribution in [3.05, 3.63) is 29.8 Å². The molecule has 2 amide bonds. The molecule has 0 radical (unpaired) electrons. The molecule has 1 fully saturated rings. The highest BCUT2D eigenvalue weighted by Crippen LogP contribution is 2.19. The summed E-state index contributed by atoms with van der Waals surface area (Å²) in [6.07, 6.45) is 0.472. The lowest BCUT2D eigenvalue weighted by Crippen LogP contribution is -2.52. The topological polar surface area (TPSA) is 70.1 Å². The summed E-state index contributed by atoms with van der Waals surface area (Å²) in [4.78, 5) is 28.3. The van der Waals surface area contributed by atoms with E-state index in [2.05, 4.69) is 13.8 Å². The number of hydrogen-bond acceptors (Lipinski definition) is 4. The second-order valence-corrected chi connectivity index (χ2v) is 6.83. The molecule has 1 aromatic rings. The minimum absolute atomic E-state index is 0.0156. The number of para-hydroxylation sites is 1. The maximum Gasteiger partial charge on any atom is 0.257 e. The molecule has 6 nitrogen and oxygen atoms in total. The van der Waals surface area contributed by atoms with E-state index in [9.17, 15) is 14.7 Å². The fourth-order valence-corrected chi connectivity index (χ4v) is 2.76. The number of carbonyl (C=O) groups is 2. The first-order valence-electron chi connectivity index (χ1n) is 8.87. The number of phenols is 1. The molecular weight excluding hydrogens is 320 g/mol. The lowest BCUT2D eigenvalue weighted by Gasteiger charge is -2.36. The summed E-state index contributed by atoms with van der Waals surface area (Å²) in [7, 11) is 0. The first kappa shape index (κ1) is 19.2. The van der Waals surface area contributed by atoms with Crippen LogP contribution in [0.15, 0.2) is 24.3 Å². The van der Waals surface area contributed by atoms with Crippen molar-refractivity contribution in [1.29, 1.82) is 0 Å². The van der Waals surface area contributed by atoms with Crippen LogP contribution in [0.5, 0.6) is 5.75 Å². The van der Waals surface area contributed by atoms with Gasteiger partial charge in [0, 0.05) is 32.8 Å². The summed E-state index contributed by atoms with van der Waals surface area (Å²) < 4.78 is 5.62. The summed E-state index contributed by atoms with van der Waals surface area (Å²) in [6, 6.07) is 6.52. The Morgan fingerprint density at radius 1 is 1.08 bits per heavy atom. The van der Waals surface area contributed by atoms with Gasteiger partial charge in [-0.1, -0.05) is 26.0 Å². The number of piperazine rings is 1. The molecule has 1 aromatic carbocycles. The third-order valence-electron chi connectivity index (χ3n) is 4.42. The SMILES string of the molecule is CC(C)CCOC(C)C(=O)N1CCN(C(=O)c2ccccc2O)CC1. The van der Waals surface area contributed by atoms with Gasteiger partial charge >= 0.3 is 0 Å². The Bertz CT molecular complexity index is 595. The molecular formula is C19H28N2O4. The van der Waals surface area contributed by atoms with Crippen LogP contribution in [0.3, 0.4) is 0 Å². The summed E-state index contributed by atoms with van der Waals surface area (Å²) >= 11 is 0. The van der Waals surface area contributed by atoms with Gasteiger partial charge in [0.1, 0.15) is 11.9 Å². The van der Waals surface area contributed by atoms with Crippen LogP contribution in [0.1, 0.15) is 37.6 Å². The number of rotatable bonds is 6. The van der Waals surface area contributed by atoms with Gasteiger partial charge in [0.2, 0.25) is 0 Å². The molecule has 1 heterocycles. The minimum atomic E-state index is -0.459. The van der Waals surface area contributed by atoms with Gasteiger partial charge in [-0.25, -0.2) is 0 Å². The van der Waals surface area contributed by atoms with Gasteiger partial charge < -0.3 is 19.6 Å². The standard InChI is InChI=1S/C19H28N2O4/c1-14(2)8-13-25-15(3)18(23)20-9-11-21(12-10-20)19(24)16-6-4-5-7-17(16)22/h4-7,14-15,22H,8-13H2,1-3H3. The third kappa shape index (κ3) is 5.19. The molecule has 1 aliphatic rings. The summed E-state index contributed by atoms with van der Waals surface area (Å²) in [5.74, 6) is 0.300. The van der Waals surface area contributed by atoms with Crippen LogP contribution >= 0.6 is 0 Å². The van der Waals surface area contributed by atoms with Crippen LogP contribution < -0.4 is 0 Å². The Balaban J connectivity index is 1.83. The smallest absolute Gasteiger partial charge is 0.257 e. The minimum Gasteiger partial charge on any atom is -0.507 e. The zero-order chi connectivity index (χ0) is 18.4. The molecule has 0 saturated carbocycles. The van der Waals surface area contributed by atoms with Crippen LogP contribution in [0, 0.1) is 5.92 Å². The number of carbonyl (C=O) groups excluding carboxylic acids is 2. The maximum absolute atomic E-state index is 12.5. The van der Waals surface area contributed by atoms with Crippen molar-refractivity contribution in [3.63, 3.8) is 0 Å². The highest BCUT2D eigenvalue weighted by atomic mass is 16.5. The number of amides is 2. The first-order chi connectivity index (χ1) is 11.9. The monoisotopic (exact) mass is 348 g/mol. The first-order valence-corrected chi connectivity index (χ1v) is 8.87. The van der Waals surface area contributed by atoms with Crippen molar-refractivity contribution in [1.82, 2.24) is 9.80 Å². The summed E-state index contributed by atoms with van der Waals surface area (Å²) in [5, 5.41) is 9.82. The van der Waals surface area contributed by atoms with Gasteiger partial charge in [-0.15, -0.1) is 0 Å².